The molecule has 0 saturated carbocycles. The Morgan fingerprint density at radius 1 is 1.47 bits per heavy atom. The maximum Gasteiger partial charge on any atom is 0.222 e. The van der Waals surface area contributed by atoms with Crippen molar-refractivity contribution in [1.29, 1.82) is 0 Å². The van der Waals surface area contributed by atoms with Gasteiger partial charge in [0.25, 0.3) is 0 Å². The SMILES string of the molecule is COc1c(Cl)cc(F)c(C)c1-c1cc(N)on1. The summed E-state index contributed by atoms with van der Waals surface area (Å²) in [5, 5.41) is 3.91. The molecule has 0 aliphatic carbocycles. The maximum atomic E-state index is 13.6. The van der Waals surface area contributed by atoms with Crippen LogP contribution >= 0.6 is 11.6 Å². The summed E-state index contributed by atoms with van der Waals surface area (Å²) in [6.45, 7) is 1.61. The first-order valence-electron chi connectivity index (χ1n) is 4.79. The summed E-state index contributed by atoms with van der Waals surface area (Å²) in [6, 6.07) is 2.68. The Morgan fingerprint density at radius 3 is 2.71 bits per heavy atom. The van der Waals surface area contributed by atoms with Gasteiger partial charge in [0.2, 0.25) is 5.88 Å². The van der Waals surface area contributed by atoms with Crippen molar-refractivity contribution in [2.45, 2.75) is 6.92 Å². The summed E-state index contributed by atoms with van der Waals surface area (Å²) in [4.78, 5) is 0. The fraction of sp³-hybridized carbons (Fsp3) is 0.182. The molecule has 4 nitrogen and oxygen atoms in total. The average Bonchev–Trinajstić information content (AvgIpc) is 2.69. The first-order valence-corrected chi connectivity index (χ1v) is 5.17. The Labute approximate surface area is 102 Å². The molecule has 0 unspecified atom stereocenters. The average molecular weight is 257 g/mol. The van der Waals surface area contributed by atoms with Gasteiger partial charge in [0, 0.05) is 6.07 Å². The lowest BCUT2D eigenvalue weighted by atomic mass is 10.0. The first kappa shape index (κ1) is 11.7. The highest BCUT2D eigenvalue weighted by molar-refractivity contribution is 6.32. The third-order valence-electron chi connectivity index (χ3n) is 2.42. The molecule has 17 heavy (non-hydrogen) atoms. The summed E-state index contributed by atoms with van der Waals surface area (Å²) in [5.41, 5.74) is 6.64. The largest absolute Gasteiger partial charge is 0.494 e. The molecule has 1 aromatic heterocycles. The van der Waals surface area contributed by atoms with Gasteiger partial charge in [-0.2, -0.15) is 0 Å². The summed E-state index contributed by atoms with van der Waals surface area (Å²) in [5.74, 6) is 0.0491. The van der Waals surface area contributed by atoms with Crippen LogP contribution in [0, 0.1) is 12.7 Å². The molecule has 0 bridgehead atoms. The van der Waals surface area contributed by atoms with Gasteiger partial charge in [0.05, 0.1) is 17.7 Å². The minimum Gasteiger partial charge on any atom is -0.494 e. The topological polar surface area (TPSA) is 61.3 Å². The second-order valence-electron chi connectivity index (χ2n) is 3.49. The molecule has 2 N–H and O–H groups in total. The van der Waals surface area contributed by atoms with Crippen LogP contribution in [-0.2, 0) is 0 Å². The van der Waals surface area contributed by atoms with E-state index < -0.39 is 5.82 Å². The molecule has 0 fully saturated rings. The second kappa shape index (κ2) is 4.25. The quantitative estimate of drug-likeness (QED) is 0.897. The number of ether oxygens (including phenoxy) is 1. The molecule has 2 rings (SSSR count). The van der Waals surface area contributed by atoms with Gasteiger partial charge in [-0.1, -0.05) is 16.8 Å². The number of rotatable bonds is 2. The third-order valence-corrected chi connectivity index (χ3v) is 2.70. The molecule has 0 atom stereocenters. The molecule has 0 spiro atoms. The van der Waals surface area contributed by atoms with Gasteiger partial charge in [-0.25, -0.2) is 4.39 Å². The van der Waals surface area contributed by atoms with Crippen LogP contribution in [0.3, 0.4) is 0 Å². The van der Waals surface area contributed by atoms with E-state index in [1.54, 1.807) is 6.92 Å². The number of hydrogen-bond donors (Lipinski definition) is 1. The number of nitrogens with zero attached hydrogens (tertiary/aromatic N) is 1. The Morgan fingerprint density at radius 2 is 2.18 bits per heavy atom. The summed E-state index contributed by atoms with van der Waals surface area (Å²) in [7, 11) is 1.45. The minimum atomic E-state index is -0.438. The highest BCUT2D eigenvalue weighted by atomic mass is 35.5. The van der Waals surface area contributed by atoms with E-state index in [-0.39, 0.29) is 10.9 Å². The van der Waals surface area contributed by atoms with E-state index in [2.05, 4.69) is 5.16 Å². The number of aromatic nitrogens is 1. The fourth-order valence-corrected chi connectivity index (χ4v) is 1.88. The van der Waals surface area contributed by atoms with Crippen LogP contribution in [0.4, 0.5) is 10.3 Å². The lowest BCUT2D eigenvalue weighted by Gasteiger charge is -2.11. The van der Waals surface area contributed by atoms with Crippen LogP contribution in [0.1, 0.15) is 5.56 Å². The monoisotopic (exact) mass is 256 g/mol. The van der Waals surface area contributed by atoms with E-state index in [0.29, 0.717) is 22.6 Å². The number of nitrogen functional groups attached to an aromatic ring is 1. The van der Waals surface area contributed by atoms with Gasteiger partial charge in [0.15, 0.2) is 0 Å². The van der Waals surface area contributed by atoms with Crippen LogP contribution in [0.2, 0.25) is 5.02 Å². The van der Waals surface area contributed by atoms with Crippen LogP contribution < -0.4 is 10.5 Å². The summed E-state index contributed by atoms with van der Waals surface area (Å²) >= 11 is 5.91. The zero-order valence-electron chi connectivity index (χ0n) is 9.25. The van der Waals surface area contributed by atoms with Crippen LogP contribution in [0.5, 0.6) is 5.75 Å². The van der Waals surface area contributed by atoms with E-state index in [1.165, 1.54) is 19.2 Å². The van der Waals surface area contributed by atoms with Crippen molar-refractivity contribution < 1.29 is 13.7 Å². The Hall–Kier alpha value is -1.75. The molecule has 90 valence electrons. The van der Waals surface area contributed by atoms with Crippen LogP contribution in [-0.4, -0.2) is 12.3 Å². The normalized spacial score (nSPS) is 10.6. The minimum absolute atomic E-state index is 0.141. The summed E-state index contributed by atoms with van der Waals surface area (Å²) in [6.07, 6.45) is 0. The van der Waals surface area contributed by atoms with E-state index in [0.717, 1.165) is 0 Å². The van der Waals surface area contributed by atoms with Gasteiger partial charge < -0.3 is 15.0 Å². The molecule has 1 heterocycles. The standard InChI is InChI=1S/C11H10ClFN2O2/c1-5-7(13)3-6(12)11(16-2)10(5)8-4-9(14)17-15-8/h3-4H,14H2,1-2H3. The number of benzene rings is 1. The first-order chi connectivity index (χ1) is 8.04. The van der Waals surface area contributed by atoms with E-state index in [4.69, 9.17) is 26.6 Å². The van der Waals surface area contributed by atoms with Crippen molar-refractivity contribution in [2.75, 3.05) is 12.8 Å². The Kier molecular flexibility index (Phi) is 2.93. The molecule has 0 aliphatic heterocycles. The van der Waals surface area contributed by atoms with E-state index in [1.807, 2.05) is 0 Å². The molecule has 1 aromatic carbocycles. The molecule has 0 radical (unpaired) electrons. The molecule has 2 aromatic rings. The Bertz CT molecular complexity index is 569. The van der Waals surface area contributed by atoms with E-state index >= 15 is 0 Å². The molecule has 6 heteroatoms. The van der Waals surface area contributed by atoms with Crippen LogP contribution in [0.15, 0.2) is 16.7 Å². The molecule has 0 saturated heterocycles. The van der Waals surface area contributed by atoms with Gasteiger partial charge in [-0.15, -0.1) is 0 Å². The zero-order chi connectivity index (χ0) is 12.6. The second-order valence-corrected chi connectivity index (χ2v) is 3.90. The lowest BCUT2D eigenvalue weighted by molar-refractivity contribution is 0.412. The van der Waals surface area contributed by atoms with Crippen molar-refractivity contribution in [3.63, 3.8) is 0 Å². The van der Waals surface area contributed by atoms with Gasteiger partial charge >= 0.3 is 0 Å². The highest BCUT2D eigenvalue weighted by Crippen LogP contribution is 2.39. The van der Waals surface area contributed by atoms with Crippen LogP contribution in [0.25, 0.3) is 11.3 Å². The zero-order valence-corrected chi connectivity index (χ0v) is 10.0. The predicted molar refractivity (Wildman–Crippen MR) is 62.6 cm³/mol. The van der Waals surface area contributed by atoms with E-state index in [9.17, 15) is 4.39 Å². The fourth-order valence-electron chi connectivity index (χ4n) is 1.61. The molecular weight excluding hydrogens is 247 g/mol. The number of halogens is 2. The molecule has 0 aliphatic rings. The highest BCUT2D eigenvalue weighted by Gasteiger charge is 2.19. The Balaban J connectivity index is 2.74. The van der Waals surface area contributed by atoms with Crippen molar-refractivity contribution in [2.24, 2.45) is 0 Å². The number of nitrogens with two attached hydrogens (primary N) is 1. The molecule has 0 amide bonds. The van der Waals surface area contributed by atoms with Crippen molar-refractivity contribution in [3.8, 4) is 17.0 Å². The smallest absolute Gasteiger partial charge is 0.222 e. The third kappa shape index (κ3) is 1.93. The predicted octanol–water partition coefficient (Wildman–Crippen LogP) is 3.03. The lowest BCUT2D eigenvalue weighted by Crippen LogP contribution is -1.95. The maximum absolute atomic E-state index is 13.6. The van der Waals surface area contributed by atoms with Gasteiger partial charge in [-0.05, 0) is 18.6 Å². The van der Waals surface area contributed by atoms with Crippen molar-refractivity contribution in [1.82, 2.24) is 5.16 Å². The number of hydrogen-bond acceptors (Lipinski definition) is 4. The van der Waals surface area contributed by atoms with Crippen molar-refractivity contribution in [3.05, 3.63) is 28.5 Å². The van der Waals surface area contributed by atoms with Gasteiger partial charge in [0.1, 0.15) is 17.3 Å². The van der Waals surface area contributed by atoms with Crippen molar-refractivity contribution >= 4 is 17.5 Å². The number of methoxy groups -OCH3 is 1. The number of anilines is 1. The van der Waals surface area contributed by atoms with Gasteiger partial charge in [-0.3, -0.25) is 0 Å². The molecular formula is C11H10ClFN2O2. The summed E-state index contributed by atoms with van der Waals surface area (Å²) < 4.78 is 23.5.